The van der Waals surface area contributed by atoms with E-state index in [1.54, 1.807) is 24.5 Å². The van der Waals surface area contributed by atoms with Crippen LogP contribution >= 0.6 is 0 Å². The van der Waals surface area contributed by atoms with E-state index < -0.39 is 10.8 Å². The highest BCUT2D eigenvalue weighted by Crippen LogP contribution is 2.23. The third kappa shape index (κ3) is 4.80. The van der Waals surface area contributed by atoms with Crippen LogP contribution in [0.3, 0.4) is 0 Å². The third-order valence-corrected chi connectivity index (χ3v) is 5.36. The molecule has 0 unspecified atom stereocenters. The summed E-state index contributed by atoms with van der Waals surface area (Å²) in [5, 5.41) is 1.09. The van der Waals surface area contributed by atoms with E-state index in [1.165, 1.54) is 0 Å². The summed E-state index contributed by atoms with van der Waals surface area (Å²) in [4.78, 5) is 17.2. The van der Waals surface area contributed by atoms with Crippen LogP contribution in [0.1, 0.15) is 41.4 Å². The fourth-order valence-electron chi connectivity index (χ4n) is 2.94. The molecule has 0 N–H and O–H groups in total. The number of pyridine rings is 1. The molecule has 1 heterocycles. The quantitative estimate of drug-likeness (QED) is 0.592. The number of esters is 1. The summed E-state index contributed by atoms with van der Waals surface area (Å²) < 4.78 is 17.1. The molecule has 4 nitrogen and oxygen atoms in total. The Balaban J connectivity index is 1.72. The number of hydrogen-bond acceptors (Lipinski definition) is 4. The number of rotatable bonds is 6. The molecule has 0 radical (unpaired) electrons. The zero-order chi connectivity index (χ0) is 19.4. The highest BCUT2D eigenvalue weighted by Gasteiger charge is 2.21. The lowest BCUT2D eigenvalue weighted by Gasteiger charge is -2.20. The first kappa shape index (κ1) is 19.2. The fraction of sp³-hybridized carbons (Fsp3) is 0.273. The molecule has 0 saturated carbocycles. The Morgan fingerprint density at radius 3 is 2.63 bits per heavy atom. The largest absolute Gasteiger partial charge is 0.458 e. The maximum atomic E-state index is 12.5. The molecule has 2 aromatic carbocycles. The van der Waals surface area contributed by atoms with Gasteiger partial charge >= 0.3 is 5.97 Å². The second-order valence-corrected chi connectivity index (χ2v) is 8.18. The minimum absolute atomic E-state index is 0.0371. The number of benzene rings is 2. The normalized spacial score (nSPS) is 14.5. The van der Waals surface area contributed by atoms with Crippen LogP contribution in [0.25, 0.3) is 10.9 Å². The summed E-state index contributed by atoms with van der Waals surface area (Å²) in [6.07, 6.45) is 1.32. The summed E-state index contributed by atoms with van der Waals surface area (Å²) in [6.45, 7) is 3.89. The monoisotopic (exact) mass is 381 g/mol. The molecule has 1 aromatic heterocycles. The van der Waals surface area contributed by atoms with E-state index in [9.17, 15) is 9.00 Å². The number of fused-ring (bicyclic) bond motifs is 1. The number of para-hydroxylation sites is 1. The highest BCUT2D eigenvalue weighted by molar-refractivity contribution is 7.83. The molecule has 0 amide bonds. The van der Waals surface area contributed by atoms with Gasteiger partial charge in [-0.05, 0) is 36.8 Å². The van der Waals surface area contributed by atoms with Crippen LogP contribution in [0.15, 0.2) is 60.7 Å². The highest BCUT2D eigenvalue weighted by atomic mass is 32.2. The molecule has 3 atom stereocenters. The Morgan fingerprint density at radius 1 is 1.07 bits per heavy atom. The lowest BCUT2D eigenvalue weighted by molar-refractivity contribution is 0.0290. The lowest BCUT2D eigenvalue weighted by atomic mass is 10.0. The molecule has 0 aliphatic heterocycles. The Bertz CT molecular complexity index is 986. The van der Waals surface area contributed by atoms with Gasteiger partial charge in [-0.1, -0.05) is 43.3 Å². The molecule has 5 heteroatoms. The van der Waals surface area contributed by atoms with Crippen LogP contribution in [-0.4, -0.2) is 27.5 Å². The van der Waals surface area contributed by atoms with Crippen LogP contribution in [0.4, 0.5) is 0 Å². The summed E-state index contributed by atoms with van der Waals surface area (Å²) >= 11 is 0. The molecule has 0 aliphatic rings. The van der Waals surface area contributed by atoms with Crippen molar-refractivity contribution in [2.24, 2.45) is 0 Å². The number of hydrogen-bond donors (Lipinski definition) is 0. The predicted molar refractivity (Wildman–Crippen MR) is 109 cm³/mol. The average molecular weight is 381 g/mol. The van der Waals surface area contributed by atoms with Gasteiger partial charge in [0.2, 0.25) is 0 Å². The van der Waals surface area contributed by atoms with Gasteiger partial charge in [0.15, 0.2) is 0 Å². The number of nitrogens with zero attached hydrogens (tertiary/aromatic N) is 1. The molecule has 0 fully saturated rings. The summed E-state index contributed by atoms with van der Waals surface area (Å²) in [6, 6.07) is 19.1. The molecule has 27 heavy (non-hydrogen) atoms. The zero-order valence-electron chi connectivity index (χ0n) is 15.7. The first-order chi connectivity index (χ1) is 12.9. The van der Waals surface area contributed by atoms with Crippen LogP contribution < -0.4 is 0 Å². The molecule has 3 aromatic rings. The van der Waals surface area contributed by atoms with Gasteiger partial charge < -0.3 is 4.74 Å². The van der Waals surface area contributed by atoms with Crippen LogP contribution in [0.5, 0.6) is 0 Å². The molecular weight excluding hydrogens is 358 g/mol. The predicted octanol–water partition coefficient (Wildman–Crippen LogP) is 4.46. The lowest BCUT2D eigenvalue weighted by Crippen LogP contribution is -2.21. The van der Waals surface area contributed by atoms with Gasteiger partial charge in [-0.25, -0.2) is 4.79 Å². The van der Waals surface area contributed by atoms with Crippen molar-refractivity contribution in [2.75, 3.05) is 6.26 Å². The fourth-order valence-corrected chi connectivity index (χ4v) is 3.59. The van der Waals surface area contributed by atoms with Gasteiger partial charge in [0.05, 0.1) is 11.1 Å². The summed E-state index contributed by atoms with van der Waals surface area (Å²) in [5.74, 6) is 0.0115. The zero-order valence-corrected chi connectivity index (χ0v) is 16.5. The van der Waals surface area contributed by atoms with Crippen molar-refractivity contribution in [3.05, 3.63) is 77.5 Å². The molecule has 140 valence electrons. The van der Waals surface area contributed by atoms with Gasteiger partial charge in [0, 0.05) is 39.8 Å². The van der Waals surface area contributed by atoms with Gasteiger partial charge in [-0.3, -0.25) is 9.19 Å². The second kappa shape index (κ2) is 8.44. The van der Waals surface area contributed by atoms with Crippen molar-refractivity contribution < 1.29 is 13.7 Å². The van der Waals surface area contributed by atoms with Crippen molar-refractivity contribution >= 4 is 27.7 Å². The van der Waals surface area contributed by atoms with Crippen LogP contribution in [0.2, 0.25) is 0 Å². The SMILES string of the molecule is C[C@H](OC(=O)c1cccc(C[S@](C)=O)c1)[C@H](C)c1ccc2ccccc2n1. The van der Waals surface area contributed by atoms with Crippen molar-refractivity contribution in [3.63, 3.8) is 0 Å². The summed E-state index contributed by atoms with van der Waals surface area (Å²) in [5.41, 5.74) is 3.16. The maximum absolute atomic E-state index is 12.5. The average Bonchev–Trinajstić information content (AvgIpc) is 2.66. The Morgan fingerprint density at radius 2 is 1.85 bits per heavy atom. The molecule has 3 rings (SSSR count). The van der Waals surface area contributed by atoms with E-state index in [0.717, 1.165) is 22.2 Å². The minimum atomic E-state index is -0.953. The molecular formula is C22H23NO3S. The molecule has 0 aliphatic carbocycles. The van der Waals surface area contributed by atoms with Gasteiger partial charge in [-0.15, -0.1) is 0 Å². The molecule has 0 spiro atoms. The van der Waals surface area contributed by atoms with E-state index in [2.05, 4.69) is 0 Å². The Hall–Kier alpha value is -2.53. The number of aromatic nitrogens is 1. The Labute approximate surface area is 162 Å². The smallest absolute Gasteiger partial charge is 0.338 e. The number of carbonyl (C=O) groups is 1. The first-order valence-corrected chi connectivity index (χ1v) is 10.6. The Kier molecular flexibility index (Phi) is 6.01. The van der Waals surface area contributed by atoms with E-state index in [1.807, 2.05) is 56.3 Å². The topological polar surface area (TPSA) is 56.3 Å². The van der Waals surface area contributed by atoms with Crippen molar-refractivity contribution in [1.82, 2.24) is 4.98 Å². The summed E-state index contributed by atoms with van der Waals surface area (Å²) in [7, 11) is -0.953. The van der Waals surface area contributed by atoms with Crippen molar-refractivity contribution in [3.8, 4) is 0 Å². The van der Waals surface area contributed by atoms with Gasteiger partial charge in [-0.2, -0.15) is 0 Å². The van der Waals surface area contributed by atoms with E-state index in [4.69, 9.17) is 9.72 Å². The van der Waals surface area contributed by atoms with E-state index in [0.29, 0.717) is 11.3 Å². The first-order valence-electron chi connectivity index (χ1n) is 8.89. The standard InChI is InChI=1S/C22H23NO3S/c1-15(20-12-11-18-8-4-5-10-21(18)23-20)16(2)26-22(24)19-9-6-7-17(13-19)14-27(3)25/h4-13,15-16H,14H2,1-3H3/t15-,16-,27-/m0/s1. The molecule has 0 bridgehead atoms. The second-order valence-electron chi connectivity index (χ2n) is 6.75. The van der Waals surface area contributed by atoms with Crippen LogP contribution in [0, 0.1) is 0 Å². The van der Waals surface area contributed by atoms with Crippen molar-refractivity contribution in [2.45, 2.75) is 31.6 Å². The minimum Gasteiger partial charge on any atom is -0.458 e. The number of ether oxygens (including phenoxy) is 1. The van der Waals surface area contributed by atoms with Gasteiger partial charge in [0.1, 0.15) is 6.10 Å². The third-order valence-electron chi connectivity index (χ3n) is 4.62. The van der Waals surface area contributed by atoms with Crippen molar-refractivity contribution in [1.29, 1.82) is 0 Å². The van der Waals surface area contributed by atoms with E-state index in [-0.39, 0.29) is 18.0 Å². The molecule has 0 saturated heterocycles. The van der Waals surface area contributed by atoms with Gasteiger partial charge in [0.25, 0.3) is 0 Å². The van der Waals surface area contributed by atoms with Crippen LogP contribution in [-0.2, 0) is 21.3 Å². The van der Waals surface area contributed by atoms with E-state index >= 15 is 0 Å². The number of carbonyl (C=O) groups excluding carboxylic acids is 1. The maximum Gasteiger partial charge on any atom is 0.338 e.